The number of benzene rings is 3. The van der Waals surface area contributed by atoms with Gasteiger partial charge in [0.25, 0.3) is 0 Å². The average molecular weight is 463 g/mol. The molecule has 3 aromatic carbocycles. The lowest BCUT2D eigenvalue weighted by molar-refractivity contribution is -0.369. The van der Waals surface area contributed by atoms with E-state index in [2.05, 4.69) is 0 Å². The van der Waals surface area contributed by atoms with E-state index in [4.69, 9.17) is 28.4 Å². The van der Waals surface area contributed by atoms with Gasteiger partial charge in [-0.25, -0.2) is 0 Å². The summed E-state index contributed by atoms with van der Waals surface area (Å²) >= 11 is 0. The van der Waals surface area contributed by atoms with Crippen molar-refractivity contribution in [3.8, 4) is 0 Å². The normalized spacial score (nSPS) is 28.9. The molecule has 2 aliphatic heterocycles. The van der Waals surface area contributed by atoms with Crippen LogP contribution in [0.4, 0.5) is 0 Å². The third kappa shape index (κ3) is 5.39. The maximum absolute atomic E-state index is 6.49. The molecule has 34 heavy (non-hydrogen) atoms. The van der Waals surface area contributed by atoms with Crippen molar-refractivity contribution in [2.75, 3.05) is 13.7 Å². The second-order valence-electron chi connectivity index (χ2n) is 8.48. The van der Waals surface area contributed by atoms with Crippen molar-refractivity contribution in [1.29, 1.82) is 0 Å². The second kappa shape index (κ2) is 11.2. The van der Waals surface area contributed by atoms with Crippen LogP contribution >= 0.6 is 0 Å². The fraction of sp³-hybridized carbons (Fsp3) is 0.357. The van der Waals surface area contributed by atoms with Crippen molar-refractivity contribution >= 4 is 0 Å². The van der Waals surface area contributed by atoms with Gasteiger partial charge in [-0.15, -0.1) is 0 Å². The first kappa shape index (κ1) is 23.2. The van der Waals surface area contributed by atoms with Gasteiger partial charge in [-0.1, -0.05) is 91.0 Å². The number of rotatable bonds is 8. The molecule has 2 fully saturated rings. The zero-order chi connectivity index (χ0) is 23.2. The van der Waals surface area contributed by atoms with Gasteiger partial charge in [-0.2, -0.15) is 0 Å². The van der Waals surface area contributed by atoms with E-state index in [0.717, 1.165) is 16.7 Å². The Balaban J connectivity index is 1.39. The minimum absolute atomic E-state index is 0.331. The molecule has 0 aromatic heterocycles. The van der Waals surface area contributed by atoms with E-state index in [1.807, 2.05) is 91.0 Å². The lowest BCUT2D eigenvalue weighted by Gasteiger charge is -2.48. The third-order valence-electron chi connectivity index (χ3n) is 6.16. The summed E-state index contributed by atoms with van der Waals surface area (Å²) in [6, 6.07) is 30.0. The fourth-order valence-electron chi connectivity index (χ4n) is 4.42. The largest absolute Gasteiger partial charge is 0.368 e. The zero-order valence-corrected chi connectivity index (χ0v) is 19.2. The number of hydrogen-bond donors (Lipinski definition) is 0. The molecule has 6 heteroatoms. The highest BCUT2D eigenvalue weighted by Crippen LogP contribution is 2.37. The van der Waals surface area contributed by atoms with Crippen LogP contribution < -0.4 is 0 Å². The number of hydrogen-bond acceptors (Lipinski definition) is 6. The Morgan fingerprint density at radius 1 is 0.706 bits per heavy atom. The van der Waals surface area contributed by atoms with Gasteiger partial charge < -0.3 is 28.4 Å². The van der Waals surface area contributed by atoms with Crippen LogP contribution in [0.25, 0.3) is 0 Å². The Labute approximate surface area is 200 Å². The van der Waals surface area contributed by atoms with Crippen molar-refractivity contribution in [3.05, 3.63) is 108 Å². The molecule has 0 amide bonds. The van der Waals surface area contributed by atoms with Crippen molar-refractivity contribution < 1.29 is 28.4 Å². The molecular formula is C28H30O6. The smallest absolute Gasteiger partial charge is 0.186 e. The summed E-state index contributed by atoms with van der Waals surface area (Å²) in [5.41, 5.74) is 3.10. The number of fused-ring (bicyclic) bond motifs is 1. The molecule has 2 aliphatic rings. The first-order valence-electron chi connectivity index (χ1n) is 11.6. The van der Waals surface area contributed by atoms with Gasteiger partial charge in [0.2, 0.25) is 0 Å². The molecular weight excluding hydrogens is 432 g/mol. The van der Waals surface area contributed by atoms with Gasteiger partial charge >= 0.3 is 0 Å². The van der Waals surface area contributed by atoms with E-state index in [1.165, 1.54) is 0 Å². The third-order valence-corrected chi connectivity index (χ3v) is 6.16. The lowest BCUT2D eigenvalue weighted by atomic mass is 9.97. The SMILES string of the molecule is CO[C@H]1OC2COC(c3ccccc3)O[C@@H]2[C@@H](OCc2ccccc2)C1OCc1ccccc1. The highest BCUT2D eigenvalue weighted by molar-refractivity contribution is 5.17. The Morgan fingerprint density at radius 2 is 1.26 bits per heavy atom. The Bertz CT molecular complexity index is 993. The zero-order valence-electron chi connectivity index (χ0n) is 19.2. The number of ether oxygens (including phenoxy) is 6. The van der Waals surface area contributed by atoms with E-state index in [-0.39, 0.29) is 12.2 Å². The minimum atomic E-state index is -0.605. The molecule has 6 nitrogen and oxygen atoms in total. The Morgan fingerprint density at radius 3 is 1.85 bits per heavy atom. The minimum Gasteiger partial charge on any atom is -0.368 e. The van der Waals surface area contributed by atoms with E-state index in [0.29, 0.717) is 19.8 Å². The van der Waals surface area contributed by atoms with Crippen molar-refractivity contribution in [1.82, 2.24) is 0 Å². The summed E-state index contributed by atoms with van der Waals surface area (Å²) in [4.78, 5) is 0. The van der Waals surface area contributed by atoms with Crippen molar-refractivity contribution in [2.24, 2.45) is 0 Å². The van der Waals surface area contributed by atoms with Gasteiger partial charge in [0.15, 0.2) is 12.6 Å². The first-order chi connectivity index (χ1) is 16.8. The highest BCUT2D eigenvalue weighted by Gasteiger charge is 2.51. The van der Waals surface area contributed by atoms with E-state index in [9.17, 15) is 0 Å². The van der Waals surface area contributed by atoms with Crippen LogP contribution in [-0.2, 0) is 41.6 Å². The van der Waals surface area contributed by atoms with Gasteiger partial charge in [0.1, 0.15) is 24.4 Å². The van der Waals surface area contributed by atoms with Crippen LogP contribution in [0.1, 0.15) is 23.0 Å². The molecule has 5 rings (SSSR count). The summed E-state index contributed by atoms with van der Waals surface area (Å²) in [7, 11) is 1.62. The molecule has 178 valence electrons. The summed E-state index contributed by atoms with van der Waals surface area (Å²) < 4.78 is 37.2. The number of methoxy groups -OCH3 is 1. The molecule has 2 saturated heterocycles. The van der Waals surface area contributed by atoms with Crippen molar-refractivity contribution in [3.63, 3.8) is 0 Å². The topological polar surface area (TPSA) is 55.4 Å². The van der Waals surface area contributed by atoms with Gasteiger partial charge in [0.05, 0.1) is 19.8 Å². The molecule has 0 spiro atoms. The van der Waals surface area contributed by atoms with Crippen LogP contribution in [-0.4, -0.2) is 44.4 Å². The molecule has 0 aliphatic carbocycles. The summed E-state index contributed by atoms with van der Waals surface area (Å²) in [6.07, 6.45) is -2.71. The predicted molar refractivity (Wildman–Crippen MR) is 126 cm³/mol. The monoisotopic (exact) mass is 462 g/mol. The average Bonchev–Trinajstić information content (AvgIpc) is 2.91. The van der Waals surface area contributed by atoms with Crippen LogP contribution in [0.3, 0.4) is 0 Å². The maximum Gasteiger partial charge on any atom is 0.186 e. The molecule has 2 heterocycles. The standard InChI is InChI=1S/C28H30O6/c1-29-28-26(31-18-21-13-7-3-8-14-21)25(30-17-20-11-5-2-6-12-20)24-23(33-28)19-32-27(34-24)22-15-9-4-10-16-22/h2-16,23-28H,17-19H2,1H3/t23?,24-,25+,26?,27?,28-/m0/s1. The molecule has 6 atom stereocenters. The second-order valence-corrected chi connectivity index (χ2v) is 8.48. The van der Waals surface area contributed by atoms with Crippen molar-refractivity contribution in [2.45, 2.75) is 50.2 Å². The predicted octanol–water partition coefficient (Wildman–Crippen LogP) is 4.64. The molecule has 0 N–H and O–H groups in total. The summed E-state index contributed by atoms with van der Waals surface area (Å²) in [5.74, 6) is 0. The van der Waals surface area contributed by atoms with E-state index >= 15 is 0 Å². The van der Waals surface area contributed by atoms with Crippen LogP contribution in [0.5, 0.6) is 0 Å². The van der Waals surface area contributed by atoms with E-state index in [1.54, 1.807) is 7.11 Å². The molecule has 3 unspecified atom stereocenters. The molecule has 0 bridgehead atoms. The molecule has 0 saturated carbocycles. The maximum atomic E-state index is 6.49. The van der Waals surface area contributed by atoms with Gasteiger partial charge in [-0.3, -0.25) is 0 Å². The highest BCUT2D eigenvalue weighted by atomic mass is 16.8. The summed E-state index contributed by atoms with van der Waals surface area (Å²) in [5, 5.41) is 0. The van der Waals surface area contributed by atoms with Gasteiger partial charge in [0, 0.05) is 12.7 Å². The van der Waals surface area contributed by atoms with Crippen LogP contribution in [0.2, 0.25) is 0 Å². The Hall–Kier alpha value is -2.58. The van der Waals surface area contributed by atoms with Gasteiger partial charge in [-0.05, 0) is 11.1 Å². The molecule has 0 radical (unpaired) electrons. The van der Waals surface area contributed by atoms with Crippen LogP contribution in [0, 0.1) is 0 Å². The Kier molecular flexibility index (Phi) is 7.65. The van der Waals surface area contributed by atoms with E-state index < -0.39 is 24.8 Å². The first-order valence-corrected chi connectivity index (χ1v) is 11.6. The van der Waals surface area contributed by atoms with Crippen LogP contribution in [0.15, 0.2) is 91.0 Å². The fourth-order valence-corrected chi connectivity index (χ4v) is 4.42. The summed E-state index contributed by atoms with van der Waals surface area (Å²) in [6.45, 7) is 1.22. The quantitative estimate of drug-likeness (QED) is 0.486. The molecule has 3 aromatic rings. The lowest BCUT2D eigenvalue weighted by Crippen LogP contribution is -2.63.